The summed E-state index contributed by atoms with van der Waals surface area (Å²) in [6.07, 6.45) is -0.588. The van der Waals surface area contributed by atoms with Crippen LogP contribution in [0.5, 0.6) is 0 Å². The standard InChI is InChI=1S/C14H23F3N4/c1-13(2,3)21-9-12(19-20-21)8-18-11-6-4-10(5-7-11)14(15,16)17/h9-11,18H,4-8H2,1-3H3. The van der Waals surface area contributed by atoms with E-state index in [2.05, 4.69) is 15.6 Å². The van der Waals surface area contributed by atoms with Gasteiger partial charge in [-0.2, -0.15) is 13.2 Å². The quantitative estimate of drug-likeness (QED) is 0.932. The molecule has 0 spiro atoms. The van der Waals surface area contributed by atoms with Crippen molar-refractivity contribution >= 4 is 0 Å². The molecule has 0 atom stereocenters. The Morgan fingerprint density at radius 3 is 2.29 bits per heavy atom. The first-order valence-electron chi connectivity index (χ1n) is 7.38. The molecular formula is C14H23F3N4. The second-order valence-electron chi connectivity index (χ2n) is 6.80. The van der Waals surface area contributed by atoms with Crippen LogP contribution in [0.2, 0.25) is 0 Å². The van der Waals surface area contributed by atoms with Crippen molar-refractivity contribution < 1.29 is 13.2 Å². The molecule has 1 saturated carbocycles. The fourth-order valence-corrected chi connectivity index (χ4v) is 2.58. The van der Waals surface area contributed by atoms with Crippen molar-refractivity contribution in [3.05, 3.63) is 11.9 Å². The molecule has 1 heterocycles. The number of halogens is 3. The topological polar surface area (TPSA) is 42.7 Å². The van der Waals surface area contributed by atoms with Gasteiger partial charge in [0.15, 0.2) is 0 Å². The summed E-state index contributed by atoms with van der Waals surface area (Å²) in [6.45, 7) is 6.67. The van der Waals surface area contributed by atoms with Crippen molar-refractivity contribution in [2.75, 3.05) is 0 Å². The summed E-state index contributed by atoms with van der Waals surface area (Å²) < 4.78 is 39.6. The van der Waals surface area contributed by atoms with Gasteiger partial charge >= 0.3 is 6.18 Å². The van der Waals surface area contributed by atoms with E-state index in [1.165, 1.54) is 0 Å². The maximum Gasteiger partial charge on any atom is 0.391 e. The predicted molar refractivity (Wildman–Crippen MR) is 73.7 cm³/mol. The number of nitrogens with one attached hydrogen (secondary N) is 1. The number of alkyl halides is 3. The molecule has 120 valence electrons. The SMILES string of the molecule is CC(C)(C)n1cc(CNC2CCC(C(F)(F)F)CC2)nn1. The lowest BCUT2D eigenvalue weighted by molar-refractivity contribution is -0.182. The van der Waals surface area contributed by atoms with E-state index < -0.39 is 12.1 Å². The number of rotatable bonds is 3. The van der Waals surface area contributed by atoms with E-state index in [1.807, 2.05) is 27.0 Å². The maximum atomic E-state index is 12.6. The highest BCUT2D eigenvalue weighted by Crippen LogP contribution is 2.37. The lowest BCUT2D eigenvalue weighted by Crippen LogP contribution is -2.36. The Labute approximate surface area is 123 Å². The molecule has 0 amide bonds. The third-order valence-electron chi connectivity index (χ3n) is 3.99. The molecule has 7 heteroatoms. The summed E-state index contributed by atoms with van der Waals surface area (Å²) in [5, 5.41) is 11.5. The van der Waals surface area contributed by atoms with Crippen LogP contribution in [0.1, 0.15) is 52.1 Å². The van der Waals surface area contributed by atoms with Gasteiger partial charge < -0.3 is 5.32 Å². The highest BCUT2D eigenvalue weighted by molar-refractivity contribution is 4.95. The summed E-state index contributed by atoms with van der Waals surface area (Å²) >= 11 is 0. The molecule has 1 N–H and O–H groups in total. The lowest BCUT2D eigenvalue weighted by Gasteiger charge is -2.30. The van der Waals surface area contributed by atoms with Crippen molar-refractivity contribution in [1.82, 2.24) is 20.3 Å². The van der Waals surface area contributed by atoms with Crippen molar-refractivity contribution in [2.45, 2.75) is 70.8 Å². The Bertz CT molecular complexity index is 454. The summed E-state index contributed by atoms with van der Waals surface area (Å²) in [6, 6.07) is 0.142. The molecule has 2 rings (SSSR count). The van der Waals surface area contributed by atoms with Crippen LogP contribution >= 0.6 is 0 Å². The molecule has 0 aliphatic heterocycles. The summed E-state index contributed by atoms with van der Waals surface area (Å²) in [7, 11) is 0. The zero-order valence-electron chi connectivity index (χ0n) is 12.7. The fourth-order valence-electron chi connectivity index (χ4n) is 2.58. The first-order chi connectivity index (χ1) is 9.66. The Hall–Kier alpha value is -1.11. The molecule has 0 unspecified atom stereocenters. The molecule has 0 saturated heterocycles. The minimum atomic E-state index is -4.04. The van der Waals surface area contributed by atoms with Gasteiger partial charge in [0, 0.05) is 12.6 Å². The van der Waals surface area contributed by atoms with Crippen LogP contribution in [-0.4, -0.2) is 27.2 Å². The van der Waals surface area contributed by atoms with Crippen LogP contribution in [0.25, 0.3) is 0 Å². The third kappa shape index (κ3) is 4.43. The molecule has 1 aliphatic rings. The molecule has 0 bridgehead atoms. The molecule has 1 fully saturated rings. The lowest BCUT2D eigenvalue weighted by atomic mass is 9.85. The number of aromatic nitrogens is 3. The maximum absolute atomic E-state index is 12.6. The molecule has 4 nitrogen and oxygen atoms in total. The Morgan fingerprint density at radius 2 is 1.81 bits per heavy atom. The van der Waals surface area contributed by atoms with Gasteiger partial charge in [-0.3, -0.25) is 0 Å². The van der Waals surface area contributed by atoms with Crippen molar-refractivity contribution in [1.29, 1.82) is 0 Å². The van der Waals surface area contributed by atoms with Crippen LogP contribution in [0.4, 0.5) is 13.2 Å². The number of hydrogen-bond donors (Lipinski definition) is 1. The first kappa shape index (κ1) is 16.3. The van der Waals surface area contributed by atoms with E-state index in [-0.39, 0.29) is 24.4 Å². The highest BCUT2D eigenvalue weighted by Gasteiger charge is 2.41. The number of hydrogen-bond acceptors (Lipinski definition) is 3. The first-order valence-corrected chi connectivity index (χ1v) is 7.38. The third-order valence-corrected chi connectivity index (χ3v) is 3.99. The molecule has 1 aromatic heterocycles. The minimum absolute atomic E-state index is 0.115. The monoisotopic (exact) mass is 304 g/mol. The van der Waals surface area contributed by atoms with Gasteiger partial charge in [-0.25, -0.2) is 4.68 Å². The van der Waals surface area contributed by atoms with Gasteiger partial charge in [0.2, 0.25) is 0 Å². The molecule has 1 aromatic rings. The molecule has 0 aromatic carbocycles. The average molecular weight is 304 g/mol. The van der Waals surface area contributed by atoms with Crippen LogP contribution in [0.3, 0.4) is 0 Å². The molecule has 0 radical (unpaired) electrons. The zero-order valence-corrected chi connectivity index (χ0v) is 12.7. The summed E-state index contributed by atoms with van der Waals surface area (Å²) in [4.78, 5) is 0. The highest BCUT2D eigenvalue weighted by atomic mass is 19.4. The molecular weight excluding hydrogens is 281 g/mol. The number of nitrogens with zero attached hydrogens (tertiary/aromatic N) is 3. The fraction of sp³-hybridized carbons (Fsp3) is 0.857. The Balaban J connectivity index is 1.79. The minimum Gasteiger partial charge on any atom is -0.308 e. The van der Waals surface area contributed by atoms with Crippen LogP contribution < -0.4 is 5.32 Å². The zero-order chi connectivity index (χ0) is 15.7. The van der Waals surface area contributed by atoms with E-state index in [0.717, 1.165) is 5.69 Å². The second-order valence-corrected chi connectivity index (χ2v) is 6.80. The van der Waals surface area contributed by atoms with E-state index in [0.29, 0.717) is 19.4 Å². The average Bonchev–Trinajstić information content (AvgIpc) is 2.84. The normalized spacial score (nSPS) is 24.3. The van der Waals surface area contributed by atoms with Gasteiger partial charge in [0.05, 0.1) is 23.3 Å². The van der Waals surface area contributed by atoms with Crippen molar-refractivity contribution in [3.63, 3.8) is 0 Å². The van der Waals surface area contributed by atoms with E-state index >= 15 is 0 Å². The van der Waals surface area contributed by atoms with Crippen molar-refractivity contribution in [3.8, 4) is 0 Å². The van der Waals surface area contributed by atoms with Gasteiger partial charge in [-0.05, 0) is 46.5 Å². The molecule has 21 heavy (non-hydrogen) atoms. The summed E-state index contributed by atoms with van der Waals surface area (Å²) in [5.74, 6) is -1.13. The summed E-state index contributed by atoms with van der Waals surface area (Å²) in [5.41, 5.74) is 0.707. The van der Waals surface area contributed by atoms with Gasteiger partial charge in [0.25, 0.3) is 0 Å². The van der Waals surface area contributed by atoms with Gasteiger partial charge in [-0.15, -0.1) is 5.10 Å². The van der Waals surface area contributed by atoms with Crippen molar-refractivity contribution in [2.24, 2.45) is 5.92 Å². The van der Waals surface area contributed by atoms with E-state index in [9.17, 15) is 13.2 Å². The predicted octanol–water partition coefficient (Wildman–Crippen LogP) is 3.24. The van der Waals surface area contributed by atoms with E-state index in [1.54, 1.807) is 4.68 Å². The van der Waals surface area contributed by atoms with Crippen LogP contribution in [0, 0.1) is 5.92 Å². The largest absolute Gasteiger partial charge is 0.391 e. The van der Waals surface area contributed by atoms with Gasteiger partial charge in [0.1, 0.15) is 0 Å². The molecule has 1 aliphatic carbocycles. The second kappa shape index (κ2) is 5.94. The van der Waals surface area contributed by atoms with Crippen LogP contribution in [-0.2, 0) is 12.1 Å². The van der Waals surface area contributed by atoms with Gasteiger partial charge in [-0.1, -0.05) is 5.21 Å². The van der Waals surface area contributed by atoms with E-state index in [4.69, 9.17) is 0 Å². The van der Waals surface area contributed by atoms with Crippen LogP contribution in [0.15, 0.2) is 6.20 Å². The smallest absolute Gasteiger partial charge is 0.308 e. The Morgan fingerprint density at radius 1 is 1.19 bits per heavy atom. The Kier molecular flexibility index (Phi) is 4.60.